The van der Waals surface area contributed by atoms with Gasteiger partial charge in [-0.15, -0.1) is 0 Å². The van der Waals surface area contributed by atoms with Crippen LogP contribution in [0.2, 0.25) is 0 Å². The first-order valence-corrected chi connectivity index (χ1v) is 7.69. The molecular formula is C11H22BN4O5P. The van der Waals surface area contributed by atoms with Crippen LogP contribution in [0.1, 0.15) is 20.8 Å². The van der Waals surface area contributed by atoms with Gasteiger partial charge in [-0.05, 0) is 20.8 Å². The first kappa shape index (κ1) is 18.7. The molecule has 1 heterocycles. The quantitative estimate of drug-likeness (QED) is 0.240. The number of hydrogen-bond donors (Lipinski definition) is 4. The second-order valence-electron chi connectivity index (χ2n) is 5.84. The molecule has 1 rings (SSSR count). The predicted molar refractivity (Wildman–Crippen MR) is 84.6 cm³/mol. The minimum absolute atomic E-state index is 0.0525. The largest absolute Gasteiger partial charge is 0.444 e. The number of aliphatic hydroxyl groups is 1. The number of β-amino-alcohol motifs (C(OH)–C–C–N with tert-alkyl or cyclic N) is 1. The fourth-order valence-electron chi connectivity index (χ4n) is 1.87. The molecule has 1 fully saturated rings. The van der Waals surface area contributed by atoms with Crippen LogP contribution in [0.5, 0.6) is 0 Å². The second kappa shape index (κ2) is 7.76. The average molecular weight is 332 g/mol. The van der Waals surface area contributed by atoms with E-state index in [0.29, 0.717) is 0 Å². The number of nitrogens with one attached hydrogen (secondary N) is 3. The van der Waals surface area contributed by atoms with E-state index >= 15 is 0 Å². The van der Waals surface area contributed by atoms with Gasteiger partial charge in [0.15, 0.2) is 7.98 Å². The van der Waals surface area contributed by atoms with Crippen LogP contribution in [0.3, 0.4) is 0 Å². The first-order chi connectivity index (χ1) is 10.1. The molecule has 0 saturated carbocycles. The molecular weight excluding hydrogens is 310 g/mol. The molecule has 2 amide bonds. The normalized spacial score (nSPS) is 21.9. The molecule has 0 radical (unpaired) electrons. The van der Waals surface area contributed by atoms with Gasteiger partial charge in [0.05, 0.1) is 18.6 Å². The van der Waals surface area contributed by atoms with E-state index in [2.05, 4.69) is 10.3 Å². The van der Waals surface area contributed by atoms with Gasteiger partial charge >= 0.3 is 12.2 Å². The van der Waals surface area contributed by atoms with Crippen LogP contribution in [0.15, 0.2) is 0 Å². The molecule has 4 N–H and O–H groups in total. The van der Waals surface area contributed by atoms with Crippen molar-refractivity contribution in [2.75, 3.05) is 13.1 Å². The molecule has 0 bridgehead atoms. The number of nitrogens with zero attached hydrogens (tertiary/aromatic N) is 1. The van der Waals surface area contributed by atoms with E-state index in [4.69, 9.17) is 14.7 Å². The summed E-state index contributed by atoms with van der Waals surface area (Å²) in [5, 5.41) is 20.0. The SMILES string of the molecule is BNPOC(=O)NC(=N)[C@H]1CN(C(=O)OC(C)(C)C)C[C@@H]1O. The topological polar surface area (TPSA) is 124 Å². The Morgan fingerprint density at radius 2 is 2.05 bits per heavy atom. The lowest BCUT2D eigenvalue weighted by molar-refractivity contribution is 0.0270. The van der Waals surface area contributed by atoms with Crippen LogP contribution >= 0.6 is 8.96 Å². The maximum absolute atomic E-state index is 11.9. The summed E-state index contributed by atoms with van der Waals surface area (Å²) in [4.78, 5) is 27.3. The zero-order valence-electron chi connectivity index (χ0n) is 13.1. The van der Waals surface area contributed by atoms with Gasteiger partial charge in [-0.3, -0.25) is 10.7 Å². The summed E-state index contributed by atoms with van der Waals surface area (Å²) in [7, 11) is 1.40. The zero-order chi connectivity index (χ0) is 16.9. The lowest BCUT2D eigenvalue weighted by atomic mass is 10.1. The van der Waals surface area contributed by atoms with E-state index in [1.165, 1.54) is 4.90 Å². The number of amides is 2. The molecule has 1 aliphatic heterocycles. The highest BCUT2D eigenvalue weighted by atomic mass is 31.1. The molecule has 0 aromatic carbocycles. The van der Waals surface area contributed by atoms with E-state index < -0.39 is 29.8 Å². The van der Waals surface area contributed by atoms with Crippen molar-refractivity contribution in [1.82, 2.24) is 15.2 Å². The fraction of sp³-hybridized carbons (Fsp3) is 0.727. The van der Waals surface area contributed by atoms with Crippen molar-refractivity contribution in [2.24, 2.45) is 5.92 Å². The Bertz CT molecular complexity index is 445. The van der Waals surface area contributed by atoms with Gasteiger partial charge in [0.25, 0.3) is 0 Å². The fourth-order valence-corrected chi connectivity index (χ4v) is 2.12. The summed E-state index contributed by atoms with van der Waals surface area (Å²) < 4.78 is 9.95. The summed E-state index contributed by atoms with van der Waals surface area (Å²) in [5.74, 6) is -0.873. The molecule has 1 saturated heterocycles. The number of amidine groups is 1. The van der Waals surface area contributed by atoms with Gasteiger partial charge < -0.3 is 24.3 Å². The van der Waals surface area contributed by atoms with Crippen molar-refractivity contribution < 1.29 is 24.0 Å². The number of aliphatic hydroxyl groups excluding tert-OH is 1. The highest BCUT2D eigenvalue weighted by Gasteiger charge is 2.39. The number of hydrogen-bond acceptors (Lipinski definition) is 7. The summed E-state index contributed by atoms with van der Waals surface area (Å²) in [6, 6.07) is 0. The highest BCUT2D eigenvalue weighted by Crippen LogP contribution is 2.20. The van der Waals surface area contributed by atoms with Gasteiger partial charge in [0.2, 0.25) is 0 Å². The summed E-state index contributed by atoms with van der Waals surface area (Å²) in [5.41, 5.74) is -0.635. The number of carbonyl (C=O) groups is 2. The summed E-state index contributed by atoms with van der Waals surface area (Å²) in [6.45, 7) is 5.39. The molecule has 1 aliphatic rings. The van der Waals surface area contributed by atoms with E-state index in [0.717, 1.165) is 0 Å². The molecule has 3 atom stereocenters. The number of carbonyl (C=O) groups excluding carboxylic acids is 2. The third kappa shape index (κ3) is 5.78. The number of ether oxygens (including phenoxy) is 1. The van der Waals surface area contributed by atoms with Gasteiger partial charge in [-0.25, -0.2) is 9.59 Å². The predicted octanol–water partition coefficient (Wildman–Crippen LogP) is -0.436. The summed E-state index contributed by atoms with van der Waals surface area (Å²) in [6.07, 6.45) is -2.27. The van der Waals surface area contributed by atoms with Gasteiger partial charge in [0, 0.05) is 6.54 Å². The average Bonchev–Trinajstić information content (AvgIpc) is 2.76. The molecule has 1 unspecified atom stereocenters. The Kier molecular flexibility index (Phi) is 6.58. The standard InChI is InChI=1S/C11H22BN4O5P/c1-11(2,3)20-10(19)16-4-6(7(17)5-16)8(13)14-9(18)21-22-15-12/h6-7,15,17,22H,4-5,12H2,1-3H3,(H2,13,14,18)/t6-,7-/m0/s1. The van der Waals surface area contributed by atoms with Crippen LogP contribution in [0.25, 0.3) is 0 Å². The number of rotatable bonds is 3. The number of likely N-dealkylation sites (tertiary alicyclic amines) is 1. The summed E-state index contributed by atoms with van der Waals surface area (Å²) >= 11 is 0. The molecule has 0 aromatic heterocycles. The van der Waals surface area contributed by atoms with Gasteiger partial charge in [0.1, 0.15) is 20.4 Å². The van der Waals surface area contributed by atoms with Crippen molar-refractivity contribution in [3.8, 4) is 0 Å². The van der Waals surface area contributed by atoms with Crippen molar-refractivity contribution in [3.63, 3.8) is 0 Å². The lowest BCUT2D eigenvalue weighted by Crippen LogP contribution is -2.40. The molecule has 0 aliphatic carbocycles. The van der Waals surface area contributed by atoms with Crippen molar-refractivity contribution >= 4 is 35.0 Å². The van der Waals surface area contributed by atoms with Crippen molar-refractivity contribution in [1.29, 1.82) is 5.41 Å². The molecule has 9 nitrogen and oxygen atoms in total. The van der Waals surface area contributed by atoms with Crippen LogP contribution in [-0.4, -0.2) is 60.8 Å². The van der Waals surface area contributed by atoms with Gasteiger partial charge in [-0.2, -0.15) is 0 Å². The van der Waals surface area contributed by atoms with Crippen LogP contribution in [0, 0.1) is 11.3 Å². The van der Waals surface area contributed by atoms with E-state index in [-0.39, 0.29) is 27.9 Å². The van der Waals surface area contributed by atoms with Crippen molar-refractivity contribution in [2.45, 2.75) is 32.5 Å². The highest BCUT2D eigenvalue weighted by molar-refractivity contribution is 7.32. The monoisotopic (exact) mass is 332 g/mol. The second-order valence-corrected chi connectivity index (χ2v) is 6.75. The van der Waals surface area contributed by atoms with E-state index in [9.17, 15) is 14.7 Å². The lowest BCUT2D eigenvalue weighted by Gasteiger charge is -2.24. The Hall–Kier alpha value is -1.38. The first-order valence-electron chi connectivity index (χ1n) is 6.78. The zero-order valence-corrected chi connectivity index (χ0v) is 14.1. The minimum Gasteiger partial charge on any atom is -0.444 e. The van der Waals surface area contributed by atoms with Gasteiger partial charge in [-0.1, -0.05) is 0 Å². The Labute approximate surface area is 132 Å². The Morgan fingerprint density at radius 1 is 1.41 bits per heavy atom. The third-order valence-corrected chi connectivity index (χ3v) is 3.29. The molecule has 0 aromatic rings. The third-order valence-electron chi connectivity index (χ3n) is 2.79. The van der Waals surface area contributed by atoms with E-state index in [1.807, 2.05) is 0 Å². The molecule has 11 heteroatoms. The Balaban J connectivity index is 2.54. The van der Waals surface area contributed by atoms with Crippen LogP contribution in [-0.2, 0) is 9.26 Å². The van der Waals surface area contributed by atoms with Crippen molar-refractivity contribution in [3.05, 3.63) is 0 Å². The van der Waals surface area contributed by atoms with E-state index in [1.54, 1.807) is 28.8 Å². The molecule has 124 valence electrons. The Morgan fingerprint density at radius 3 is 2.59 bits per heavy atom. The molecule has 0 spiro atoms. The minimum atomic E-state index is -0.938. The maximum Gasteiger partial charge on any atom is 0.416 e. The van der Waals surface area contributed by atoms with Crippen LogP contribution < -0.4 is 10.3 Å². The van der Waals surface area contributed by atoms with Crippen LogP contribution in [0.4, 0.5) is 9.59 Å². The maximum atomic E-state index is 11.9. The molecule has 22 heavy (non-hydrogen) atoms. The smallest absolute Gasteiger partial charge is 0.416 e.